The molecule has 2 aromatic carbocycles. The van der Waals surface area contributed by atoms with Gasteiger partial charge in [0.05, 0.1) is 46.8 Å². The number of oxazole rings is 1. The number of benzene rings is 2. The predicted octanol–water partition coefficient (Wildman–Crippen LogP) is 6.22. The Kier molecular flexibility index (Phi) is 6.60. The molecule has 6 rings (SSSR count). The largest absolute Gasteiger partial charge is 0.445 e. The van der Waals surface area contributed by atoms with Crippen molar-refractivity contribution < 1.29 is 4.42 Å². The Morgan fingerprint density at radius 2 is 1.93 bits per heavy atom. The van der Waals surface area contributed by atoms with E-state index in [-0.39, 0.29) is 11.5 Å². The van der Waals surface area contributed by atoms with E-state index in [1.807, 2.05) is 41.2 Å². The lowest BCUT2D eigenvalue weighted by atomic mass is 9.96. The molecular weight excluding hydrogens is 514 g/mol. The molecule has 1 saturated carbocycles. The van der Waals surface area contributed by atoms with Crippen molar-refractivity contribution in [2.24, 2.45) is 5.41 Å². The molecule has 2 N–H and O–H groups in total. The van der Waals surface area contributed by atoms with Crippen molar-refractivity contribution in [3.63, 3.8) is 0 Å². The summed E-state index contributed by atoms with van der Waals surface area (Å²) < 4.78 is 7.46. The third-order valence-electron chi connectivity index (χ3n) is 6.96. The molecule has 0 radical (unpaired) electrons. The van der Waals surface area contributed by atoms with Crippen LogP contribution in [0.4, 0.5) is 11.4 Å². The molecule has 1 aliphatic rings. The fourth-order valence-corrected chi connectivity index (χ4v) is 4.75. The zero-order valence-corrected chi connectivity index (χ0v) is 23.1. The lowest BCUT2D eigenvalue weighted by Gasteiger charge is -2.22. The summed E-state index contributed by atoms with van der Waals surface area (Å²) in [4.78, 5) is 8.78. The number of fused-ring (bicyclic) bond motifs is 1. The molecule has 1 unspecified atom stereocenters. The maximum atomic E-state index is 10.1. The van der Waals surface area contributed by atoms with Gasteiger partial charge in [0.2, 0.25) is 5.89 Å². The van der Waals surface area contributed by atoms with Crippen molar-refractivity contribution in [2.75, 3.05) is 17.2 Å². The van der Waals surface area contributed by atoms with Crippen LogP contribution in [0.2, 0.25) is 0 Å². The Bertz CT molecular complexity index is 1800. The third kappa shape index (κ3) is 5.45. The number of nitrogens with zero attached hydrogens (tertiary/aromatic N) is 7. The van der Waals surface area contributed by atoms with E-state index in [4.69, 9.17) is 4.42 Å². The fraction of sp³-hybridized carbons (Fsp3) is 0.290. The van der Waals surface area contributed by atoms with Crippen molar-refractivity contribution in [2.45, 2.75) is 45.7 Å². The van der Waals surface area contributed by atoms with Crippen molar-refractivity contribution in [3.8, 4) is 23.6 Å². The van der Waals surface area contributed by atoms with Gasteiger partial charge in [0, 0.05) is 29.4 Å². The number of hydrogen-bond donors (Lipinski definition) is 2. The Morgan fingerprint density at radius 3 is 2.63 bits per heavy atom. The summed E-state index contributed by atoms with van der Waals surface area (Å²) in [6.07, 6.45) is 8.85. The van der Waals surface area contributed by atoms with Crippen molar-refractivity contribution in [1.82, 2.24) is 25.0 Å². The van der Waals surface area contributed by atoms with Crippen LogP contribution in [0.15, 0.2) is 65.7 Å². The standard InChI is InChI=1S/C31H29N9O/c1-31(2,3)18-36-28-22(15-33)16-35-27-21(14-32)12-23(13-25(27)28)37-29(26-17-40(39-38-26)24-7-8-24)19-5-4-6-20(11-19)30-34-9-10-41-30/h4-6,9-13,16-17,24,29,37H,7-8,18H2,1-3H3,(H,35,36). The van der Waals surface area contributed by atoms with Crippen LogP contribution in [0.1, 0.15) is 68.1 Å². The summed E-state index contributed by atoms with van der Waals surface area (Å²) in [5, 5.41) is 36.6. The van der Waals surface area contributed by atoms with Gasteiger partial charge in [-0.3, -0.25) is 4.98 Å². The normalized spacial score (nSPS) is 13.9. The van der Waals surface area contributed by atoms with Crippen LogP contribution in [0.5, 0.6) is 0 Å². The molecule has 10 heteroatoms. The predicted molar refractivity (Wildman–Crippen MR) is 155 cm³/mol. The summed E-state index contributed by atoms with van der Waals surface area (Å²) in [5.41, 5.74) is 5.20. The first kappa shape index (κ1) is 26.0. The van der Waals surface area contributed by atoms with Gasteiger partial charge >= 0.3 is 0 Å². The van der Waals surface area contributed by atoms with E-state index in [1.165, 1.54) is 6.20 Å². The van der Waals surface area contributed by atoms with Crippen LogP contribution in [0.25, 0.3) is 22.4 Å². The van der Waals surface area contributed by atoms with Crippen molar-refractivity contribution in [3.05, 3.63) is 83.6 Å². The maximum absolute atomic E-state index is 10.1. The molecule has 204 valence electrons. The number of hydrogen-bond acceptors (Lipinski definition) is 9. The van der Waals surface area contributed by atoms with Crippen LogP contribution in [0.3, 0.4) is 0 Å². The summed E-state index contributed by atoms with van der Waals surface area (Å²) in [6, 6.07) is 16.2. The van der Waals surface area contributed by atoms with Gasteiger partial charge in [0.25, 0.3) is 0 Å². The summed E-state index contributed by atoms with van der Waals surface area (Å²) in [6.45, 7) is 7.00. The summed E-state index contributed by atoms with van der Waals surface area (Å²) in [5.74, 6) is 0.523. The lowest BCUT2D eigenvalue weighted by molar-refractivity contribution is 0.443. The quantitative estimate of drug-likeness (QED) is 0.233. The first-order valence-corrected chi connectivity index (χ1v) is 13.5. The number of pyridine rings is 1. The van der Waals surface area contributed by atoms with E-state index < -0.39 is 0 Å². The third-order valence-corrected chi connectivity index (χ3v) is 6.96. The number of nitriles is 2. The molecule has 5 aromatic rings. The minimum Gasteiger partial charge on any atom is -0.445 e. The van der Waals surface area contributed by atoms with Gasteiger partial charge in [-0.25, -0.2) is 9.67 Å². The monoisotopic (exact) mass is 543 g/mol. The second kappa shape index (κ2) is 10.4. The van der Waals surface area contributed by atoms with Crippen molar-refractivity contribution >= 4 is 22.3 Å². The maximum Gasteiger partial charge on any atom is 0.225 e. The molecule has 10 nitrogen and oxygen atoms in total. The number of aromatic nitrogens is 5. The van der Waals surface area contributed by atoms with E-state index in [0.29, 0.717) is 51.9 Å². The first-order valence-electron chi connectivity index (χ1n) is 13.5. The summed E-state index contributed by atoms with van der Waals surface area (Å²) >= 11 is 0. The first-order chi connectivity index (χ1) is 19.8. The molecule has 0 aliphatic heterocycles. The van der Waals surface area contributed by atoms with Gasteiger partial charge in [-0.2, -0.15) is 10.5 Å². The number of anilines is 2. The van der Waals surface area contributed by atoms with Crippen LogP contribution >= 0.6 is 0 Å². The second-order valence-electron chi connectivity index (χ2n) is 11.5. The van der Waals surface area contributed by atoms with Gasteiger partial charge < -0.3 is 15.1 Å². The molecule has 0 amide bonds. The molecule has 1 atom stereocenters. The van der Waals surface area contributed by atoms with Gasteiger partial charge in [-0.1, -0.05) is 38.1 Å². The second-order valence-corrected chi connectivity index (χ2v) is 11.5. The average molecular weight is 544 g/mol. The molecule has 0 saturated heterocycles. The highest BCUT2D eigenvalue weighted by Crippen LogP contribution is 2.37. The molecule has 1 aliphatic carbocycles. The minimum absolute atomic E-state index is 0.0252. The SMILES string of the molecule is CC(C)(C)CNc1c(C#N)cnc2c(C#N)cc(NC(c3cccc(-c4ncco4)c3)c3cn(C4CC4)nn3)cc12. The zero-order chi connectivity index (χ0) is 28.6. The zero-order valence-electron chi connectivity index (χ0n) is 23.1. The van der Waals surface area contributed by atoms with E-state index in [2.05, 4.69) is 63.8 Å². The smallest absolute Gasteiger partial charge is 0.225 e. The highest BCUT2D eigenvalue weighted by molar-refractivity contribution is 5.99. The van der Waals surface area contributed by atoms with Gasteiger partial charge in [0.1, 0.15) is 24.1 Å². The molecule has 3 aromatic heterocycles. The van der Waals surface area contributed by atoms with Crippen LogP contribution in [-0.2, 0) is 0 Å². The topological polar surface area (TPSA) is 141 Å². The van der Waals surface area contributed by atoms with E-state index in [0.717, 1.165) is 29.7 Å². The Balaban J connectivity index is 1.46. The van der Waals surface area contributed by atoms with Gasteiger partial charge in [-0.15, -0.1) is 5.10 Å². The highest BCUT2D eigenvalue weighted by atomic mass is 16.3. The molecule has 1 fully saturated rings. The van der Waals surface area contributed by atoms with E-state index in [9.17, 15) is 10.5 Å². The van der Waals surface area contributed by atoms with Gasteiger partial charge in [0.15, 0.2) is 0 Å². The Labute approximate surface area is 237 Å². The van der Waals surface area contributed by atoms with Crippen molar-refractivity contribution in [1.29, 1.82) is 10.5 Å². The highest BCUT2D eigenvalue weighted by Gasteiger charge is 2.27. The Hall–Kier alpha value is -5.22. The number of rotatable bonds is 8. The van der Waals surface area contributed by atoms with Crippen LogP contribution in [-0.4, -0.2) is 31.5 Å². The van der Waals surface area contributed by atoms with Crippen LogP contribution < -0.4 is 10.6 Å². The molecule has 0 spiro atoms. The molecular formula is C31H29N9O. The average Bonchev–Trinajstić information content (AvgIpc) is 3.44. The summed E-state index contributed by atoms with van der Waals surface area (Å²) in [7, 11) is 0. The lowest BCUT2D eigenvalue weighted by Crippen LogP contribution is -2.20. The van der Waals surface area contributed by atoms with E-state index >= 15 is 0 Å². The molecule has 0 bridgehead atoms. The minimum atomic E-state index is -0.389. The molecule has 41 heavy (non-hydrogen) atoms. The molecule has 3 heterocycles. The van der Waals surface area contributed by atoms with E-state index in [1.54, 1.807) is 18.5 Å². The number of nitrogens with one attached hydrogen (secondary N) is 2. The fourth-order valence-electron chi connectivity index (χ4n) is 4.75. The van der Waals surface area contributed by atoms with Gasteiger partial charge in [-0.05, 0) is 48.1 Å². The van der Waals surface area contributed by atoms with Crippen LogP contribution in [0, 0.1) is 28.1 Å². The Morgan fingerprint density at radius 1 is 1.10 bits per heavy atom.